The lowest BCUT2D eigenvalue weighted by atomic mass is 10.1. The van der Waals surface area contributed by atoms with Crippen molar-refractivity contribution in [2.75, 3.05) is 6.61 Å². The number of hydrogen-bond donors (Lipinski definition) is 2. The van der Waals surface area contributed by atoms with E-state index in [0.29, 0.717) is 24.3 Å². The number of fused-ring (bicyclic) bond motifs is 1. The molecular weight excluding hydrogens is 423 g/mol. The van der Waals surface area contributed by atoms with E-state index in [1.54, 1.807) is 18.2 Å². The van der Waals surface area contributed by atoms with Gasteiger partial charge in [0, 0.05) is 12.0 Å². The molecule has 0 saturated heterocycles. The van der Waals surface area contributed by atoms with E-state index in [2.05, 4.69) is 5.10 Å². The van der Waals surface area contributed by atoms with Crippen molar-refractivity contribution in [1.82, 2.24) is 9.78 Å². The van der Waals surface area contributed by atoms with Gasteiger partial charge < -0.3 is 9.84 Å². The SMILES string of the molecule is NS(=O)(=O)c1ccc(-n2nc(C(F)(F)F)cc2-c2ccc3c(c2)CCO3)cc1CO. The van der Waals surface area contributed by atoms with Gasteiger partial charge in [0.05, 0.1) is 29.5 Å². The van der Waals surface area contributed by atoms with E-state index in [1.807, 2.05) is 0 Å². The van der Waals surface area contributed by atoms with E-state index < -0.39 is 28.5 Å². The maximum atomic E-state index is 13.4. The summed E-state index contributed by atoms with van der Waals surface area (Å²) in [5.41, 5.74) is 0.512. The molecule has 3 aromatic rings. The number of primary sulfonamides is 1. The van der Waals surface area contributed by atoms with Crippen LogP contribution in [0, 0.1) is 0 Å². The van der Waals surface area contributed by atoms with Crippen LogP contribution < -0.4 is 9.88 Å². The minimum atomic E-state index is -4.68. The van der Waals surface area contributed by atoms with Crippen molar-refractivity contribution in [2.24, 2.45) is 5.14 Å². The second-order valence-electron chi connectivity index (χ2n) is 6.74. The van der Waals surface area contributed by atoms with Gasteiger partial charge in [-0.25, -0.2) is 18.2 Å². The summed E-state index contributed by atoms with van der Waals surface area (Å²) >= 11 is 0. The summed E-state index contributed by atoms with van der Waals surface area (Å²) < 4.78 is 70.0. The molecule has 11 heteroatoms. The molecule has 30 heavy (non-hydrogen) atoms. The maximum absolute atomic E-state index is 13.4. The minimum Gasteiger partial charge on any atom is -0.493 e. The molecule has 2 heterocycles. The second kappa shape index (κ2) is 7.11. The number of nitrogens with two attached hydrogens (primary N) is 1. The van der Waals surface area contributed by atoms with Gasteiger partial charge in [-0.15, -0.1) is 0 Å². The Balaban J connectivity index is 1.91. The van der Waals surface area contributed by atoms with Gasteiger partial charge in [-0.3, -0.25) is 0 Å². The summed E-state index contributed by atoms with van der Waals surface area (Å²) in [5.74, 6) is 0.681. The highest BCUT2D eigenvalue weighted by atomic mass is 32.2. The van der Waals surface area contributed by atoms with Crippen LogP contribution in [-0.4, -0.2) is 29.9 Å². The number of aliphatic hydroxyl groups excluding tert-OH is 1. The summed E-state index contributed by atoms with van der Waals surface area (Å²) in [5, 5.41) is 18.4. The predicted molar refractivity (Wildman–Crippen MR) is 100 cm³/mol. The summed E-state index contributed by atoms with van der Waals surface area (Å²) in [6.07, 6.45) is -4.04. The minimum absolute atomic E-state index is 0.0487. The topological polar surface area (TPSA) is 107 Å². The number of alkyl halides is 3. The van der Waals surface area contributed by atoms with E-state index >= 15 is 0 Å². The van der Waals surface area contributed by atoms with Crippen LogP contribution >= 0.6 is 0 Å². The molecule has 0 fully saturated rings. The largest absolute Gasteiger partial charge is 0.493 e. The highest BCUT2D eigenvalue weighted by molar-refractivity contribution is 7.89. The van der Waals surface area contributed by atoms with Crippen LogP contribution in [0.4, 0.5) is 13.2 Å². The summed E-state index contributed by atoms with van der Waals surface area (Å²) in [6, 6.07) is 9.63. The molecule has 1 aromatic heterocycles. The third kappa shape index (κ3) is 3.66. The number of aromatic nitrogens is 2. The van der Waals surface area contributed by atoms with Gasteiger partial charge in [-0.2, -0.15) is 18.3 Å². The molecule has 7 nitrogen and oxygen atoms in total. The van der Waals surface area contributed by atoms with Crippen molar-refractivity contribution < 1.29 is 31.4 Å². The molecule has 3 N–H and O–H groups in total. The zero-order valence-corrected chi connectivity index (χ0v) is 16.2. The molecule has 0 unspecified atom stereocenters. The Bertz CT molecular complexity index is 1240. The molecule has 0 saturated carbocycles. The molecule has 1 aliphatic heterocycles. The van der Waals surface area contributed by atoms with Gasteiger partial charge in [0.1, 0.15) is 5.75 Å². The first-order valence-electron chi connectivity index (χ1n) is 8.78. The van der Waals surface area contributed by atoms with E-state index in [1.165, 1.54) is 12.1 Å². The highest BCUT2D eigenvalue weighted by Crippen LogP contribution is 2.36. The van der Waals surface area contributed by atoms with Crippen LogP contribution in [-0.2, 0) is 29.2 Å². The van der Waals surface area contributed by atoms with Gasteiger partial charge in [-0.05, 0) is 53.6 Å². The molecule has 0 amide bonds. The summed E-state index contributed by atoms with van der Waals surface area (Å²) in [6.45, 7) is -0.167. The normalized spacial score (nSPS) is 13.9. The third-order valence-electron chi connectivity index (χ3n) is 4.75. The molecule has 4 rings (SSSR count). The number of aliphatic hydroxyl groups is 1. The van der Waals surface area contributed by atoms with Gasteiger partial charge in [0.2, 0.25) is 10.0 Å². The van der Waals surface area contributed by atoms with Crippen molar-refractivity contribution in [3.05, 3.63) is 59.3 Å². The molecule has 0 aliphatic carbocycles. The average Bonchev–Trinajstić information content (AvgIpc) is 3.32. The number of nitrogens with zero attached hydrogens (tertiary/aromatic N) is 2. The zero-order chi connectivity index (χ0) is 21.7. The number of ether oxygens (including phenoxy) is 1. The third-order valence-corrected chi connectivity index (χ3v) is 5.76. The first kappa shape index (κ1) is 20.4. The van der Waals surface area contributed by atoms with Crippen molar-refractivity contribution in [3.8, 4) is 22.7 Å². The zero-order valence-electron chi connectivity index (χ0n) is 15.3. The average molecular weight is 439 g/mol. The van der Waals surface area contributed by atoms with E-state index in [0.717, 1.165) is 22.4 Å². The first-order chi connectivity index (χ1) is 14.1. The van der Waals surface area contributed by atoms with Crippen LogP contribution in [0.1, 0.15) is 16.8 Å². The number of benzene rings is 2. The Morgan fingerprint density at radius 2 is 1.93 bits per heavy atom. The Morgan fingerprint density at radius 3 is 2.60 bits per heavy atom. The molecule has 0 spiro atoms. The van der Waals surface area contributed by atoms with Crippen molar-refractivity contribution in [1.29, 1.82) is 0 Å². The van der Waals surface area contributed by atoms with Crippen molar-refractivity contribution in [2.45, 2.75) is 24.1 Å². The number of hydrogen-bond acceptors (Lipinski definition) is 5. The number of rotatable bonds is 4. The fourth-order valence-corrected chi connectivity index (χ4v) is 4.11. The van der Waals surface area contributed by atoms with Gasteiger partial charge in [-0.1, -0.05) is 0 Å². The van der Waals surface area contributed by atoms with E-state index in [4.69, 9.17) is 9.88 Å². The molecule has 0 radical (unpaired) electrons. The van der Waals surface area contributed by atoms with Gasteiger partial charge in [0.25, 0.3) is 0 Å². The van der Waals surface area contributed by atoms with Crippen molar-refractivity contribution in [3.63, 3.8) is 0 Å². The Kier molecular flexibility index (Phi) is 4.83. The molecular formula is C19H16F3N3O4S. The van der Waals surface area contributed by atoms with Gasteiger partial charge in [0.15, 0.2) is 5.69 Å². The monoisotopic (exact) mass is 439 g/mol. The molecule has 2 aromatic carbocycles. The van der Waals surface area contributed by atoms with E-state index in [-0.39, 0.29) is 21.8 Å². The Hall–Kier alpha value is -2.89. The Labute approximate surface area is 169 Å². The number of sulfonamides is 1. The molecule has 0 atom stereocenters. The second-order valence-corrected chi connectivity index (χ2v) is 8.27. The fourth-order valence-electron chi connectivity index (χ4n) is 3.37. The van der Waals surface area contributed by atoms with Gasteiger partial charge >= 0.3 is 6.18 Å². The number of halogens is 3. The predicted octanol–water partition coefficient (Wildman–Crippen LogP) is 2.63. The molecule has 0 bridgehead atoms. The highest BCUT2D eigenvalue weighted by Gasteiger charge is 2.35. The van der Waals surface area contributed by atoms with Crippen LogP contribution in [0.3, 0.4) is 0 Å². The Morgan fingerprint density at radius 1 is 1.17 bits per heavy atom. The maximum Gasteiger partial charge on any atom is 0.435 e. The summed E-state index contributed by atoms with van der Waals surface area (Å²) in [4.78, 5) is -0.312. The van der Waals surface area contributed by atoms with Crippen LogP contribution in [0.5, 0.6) is 5.75 Å². The molecule has 1 aliphatic rings. The smallest absolute Gasteiger partial charge is 0.435 e. The van der Waals surface area contributed by atoms with Crippen LogP contribution in [0.2, 0.25) is 0 Å². The van der Waals surface area contributed by atoms with Crippen LogP contribution in [0.25, 0.3) is 16.9 Å². The summed E-state index contributed by atoms with van der Waals surface area (Å²) in [7, 11) is -4.12. The lowest BCUT2D eigenvalue weighted by Gasteiger charge is -2.12. The quantitative estimate of drug-likeness (QED) is 0.650. The van der Waals surface area contributed by atoms with Crippen LogP contribution in [0.15, 0.2) is 47.4 Å². The lowest BCUT2D eigenvalue weighted by Crippen LogP contribution is -2.15. The fraction of sp³-hybridized carbons (Fsp3) is 0.211. The first-order valence-corrected chi connectivity index (χ1v) is 10.3. The molecule has 158 valence electrons. The standard InChI is InChI=1S/C19H16F3N3O4S/c20-19(21,22)18-9-15(11-1-3-16-12(7-11)5-6-29-16)25(24-18)14-2-4-17(30(23,27)28)13(8-14)10-26/h1-4,7-9,26H,5-6,10H2,(H2,23,27,28). The lowest BCUT2D eigenvalue weighted by molar-refractivity contribution is -0.141. The van der Waals surface area contributed by atoms with Crippen molar-refractivity contribution >= 4 is 10.0 Å². The van der Waals surface area contributed by atoms with E-state index in [9.17, 15) is 26.7 Å².